The van der Waals surface area contributed by atoms with Crippen LogP contribution in [0.2, 0.25) is 5.02 Å². The van der Waals surface area contributed by atoms with Crippen molar-refractivity contribution in [3.05, 3.63) is 40.4 Å². The molecule has 0 aliphatic rings. The Labute approximate surface area is 137 Å². The van der Waals surface area contributed by atoms with Gasteiger partial charge in [-0.05, 0) is 19.1 Å². The second-order valence-corrected chi connectivity index (χ2v) is 7.32. The van der Waals surface area contributed by atoms with Crippen LogP contribution in [0.25, 0.3) is 0 Å². The lowest BCUT2D eigenvalue weighted by Crippen LogP contribution is -2.13. The first-order valence-corrected chi connectivity index (χ1v) is 8.98. The van der Waals surface area contributed by atoms with Crippen LogP contribution >= 0.6 is 22.9 Å². The van der Waals surface area contributed by atoms with Crippen molar-refractivity contribution < 1.29 is 17.9 Å². The molecule has 118 valence electrons. The minimum absolute atomic E-state index is 0.0289. The molecule has 9 heteroatoms. The Morgan fingerprint density at radius 2 is 2.14 bits per heavy atom. The van der Waals surface area contributed by atoms with Crippen LogP contribution in [0.3, 0.4) is 0 Å². The van der Waals surface area contributed by atoms with E-state index in [1.54, 1.807) is 19.1 Å². The van der Waals surface area contributed by atoms with Crippen LogP contribution in [-0.4, -0.2) is 26.0 Å². The Bertz CT molecular complexity index is 774. The van der Waals surface area contributed by atoms with Gasteiger partial charge in [-0.25, -0.2) is 13.4 Å². The van der Waals surface area contributed by atoms with Crippen LogP contribution in [0.4, 0.5) is 5.13 Å². The van der Waals surface area contributed by atoms with E-state index in [2.05, 4.69) is 9.71 Å². The third-order valence-corrected chi connectivity index (χ3v) is 5.41. The number of aromatic nitrogens is 1. The van der Waals surface area contributed by atoms with Crippen molar-refractivity contribution in [2.45, 2.75) is 18.2 Å². The largest absolute Gasteiger partial charge is 0.466 e. The molecule has 0 amide bonds. The molecule has 22 heavy (non-hydrogen) atoms. The van der Waals surface area contributed by atoms with Gasteiger partial charge in [0.25, 0.3) is 10.0 Å². The predicted molar refractivity (Wildman–Crippen MR) is 84.7 cm³/mol. The normalized spacial score (nSPS) is 11.2. The minimum Gasteiger partial charge on any atom is -0.466 e. The Hall–Kier alpha value is -1.64. The molecule has 2 aromatic rings. The van der Waals surface area contributed by atoms with E-state index in [1.165, 1.54) is 18.3 Å². The SMILES string of the molecule is CCOC(=O)Cc1cnc(NS(=O)(=O)c2ccccc2Cl)s1. The fraction of sp³-hybridized carbons (Fsp3) is 0.231. The number of nitrogens with zero attached hydrogens (tertiary/aromatic N) is 1. The van der Waals surface area contributed by atoms with Gasteiger partial charge in [0.05, 0.1) is 18.1 Å². The molecule has 6 nitrogen and oxygen atoms in total. The highest BCUT2D eigenvalue weighted by Gasteiger charge is 2.19. The Morgan fingerprint density at radius 1 is 1.41 bits per heavy atom. The number of thiazole rings is 1. The first-order valence-electron chi connectivity index (χ1n) is 6.30. The second kappa shape index (κ2) is 7.08. The van der Waals surface area contributed by atoms with Crippen LogP contribution in [0.15, 0.2) is 35.4 Å². The predicted octanol–water partition coefficient (Wildman–Crippen LogP) is 2.70. The molecule has 1 N–H and O–H groups in total. The number of hydrogen-bond acceptors (Lipinski definition) is 6. The quantitative estimate of drug-likeness (QED) is 0.800. The van der Waals surface area contributed by atoms with Gasteiger partial charge in [0, 0.05) is 11.1 Å². The zero-order valence-corrected chi connectivity index (χ0v) is 14.0. The molecular formula is C13H13ClN2O4S2. The van der Waals surface area contributed by atoms with Crippen molar-refractivity contribution in [3.63, 3.8) is 0 Å². The average Bonchev–Trinajstić information content (AvgIpc) is 2.85. The van der Waals surface area contributed by atoms with Crippen LogP contribution < -0.4 is 4.72 Å². The molecule has 0 radical (unpaired) electrons. The lowest BCUT2D eigenvalue weighted by Gasteiger charge is -2.06. The molecule has 0 fully saturated rings. The van der Waals surface area contributed by atoms with Gasteiger partial charge >= 0.3 is 5.97 Å². The number of benzene rings is 1. The summed E-state index contributed by atoms with van der Waals surface area (Å²) < 4.78 is 31.6. The number of ether oxygens (including phenoxy) is 1. The van der Waals surface area contributed by atoms with Crippen LogP contribution in [-0.2, 0) is 26.0 Å². The summed E-state index contributed by atoms with van der Waals surface area (Å²) in [5, 5.41) is 0.289. The maximum absolute atomic E-state index is 12.2. The molecule has 0 bridgehead atoms. The molecular weight excluding hydrogens is 348 g/mol. The number of nitrogens with one attached hydrogen (secondary N) is 1. The molecule has 0 aliphatic heterocycles. The van der Waals surface area contributed by atoms with E-state index in [0.717, 1.165) is 11.3 Å². The van der Waals surface area contributed by atoms with Gasteiger partial charge in [0.1, 0.15) is 4.90 Å². The average molecular weight is 361 g/mol. The monoisotopic (exact) mass is 360 g/mol. The highest BCUT2D eigenvalue weighted by molar-refractivity contribution is 7.93. The summed E-state index contributed by atoms with van der Waals surface area (Å²) in [5.74, 6) is -0.383. The molecule has 0 saturated carbocycles. The summed E-state index contributed by atoms with van der Waals surface area (Å²) in [7, 11) is -3.82. The van der Waals surface area contributed by atoms with E-state index in [9.17, 15) is 13.2 Å². The lowest BCUT2D eigenvalue weighted by atomic mass is 10.4. The van der Waals surface area contributed by atoms with Crippen molar-refractivity contribution >= 4 is 44.1 Å². The van der Waals surface area contributed by atoms with Crippen LogP contribution in [0.1, 0.15) is 11.8 Å². The number of carbonyl (C=O) groups is 1. The molecule has 0 aliphatic carbocycles. The standard InChI is InChI=1S/C13H13ClN2O4S2/c1-2-20-12(17)7-9-8-15-13(21-9)16-22(18,19)11-6-4-3-5-10(11)14/h3-6,8H,2,7H2,1H3,(H,15,16). The first-order chi connectivity index (χ1) is 10.4. The Kier molecular flexibility index (Phi) is 5.38. The van der Waals surface area contributed by atoms with Crippen molar-refractivity contribution in [2.75, 3.05) is 11.3 Å². The zero-order valence-electron chi connectivity index (χ0n) is 11.6. The van der Waals surface area contributed by atoms with Crippen molar-refractivity contribution in [1.82, 2.24) is 4.98 Å². The summed E-state index contributed by atoms with van der Waals surface area (Å²) in [6.45, 7) is 2.01. The summed E-state index contributed by atoms with van der Waals surface area (Å²) >= 11 is 6.96. The van der Waals surface area contributed by atoms with Crippen LogP contribution in [0, 0.1) is 0 Å². The molecule has 0 atom stereocenters. The minimum atomic E-state index is -3.82. The van der Waals surface area contributed by atoms with Crippen molar-refractivity contribution in [1.29, 1.82) is 0 Å². The first kappa shape index (κ1) is 16.7. The van der Waals surface area contributed by atoms with Gasteiger partial charge < -0.3 is 4.74 Å². The van der Waals surface area contributed by atoms with Gasteiger partial charge in [-0.2, -0.15) is 0 Å². The molecule has 1 heterocycles. The Morgan fingerprint density at radius 3 is 2.82 bits per heavy atom. The van der Waals surface area contributed by atoms with E-state index in [4.69, 9.17) is 16.3 Å². The van der Waals surface area contributed by atoms with Gasteiger partial charge in [-0.3, -0.25) is 9.52 Å². The van der Waals surface area contributed by atoms with Gasteiger partial charge in [-0.15, -0.1) is 11.3 Å². The second-order valence-electron chi connectivity index (χ2n) is 4.15. The van der Waals surface area contributed by atoms with Crippen molar-refractivity contribution in [2.24, 2.45) is 0 Å². The third-order valence-electron chi connectivity index (χ3n) is 2.53. The zero-order chi connectivity index (χ0) is 16.2. The fourth-order valence-corrected chi connectivity index (χ4v) is 4.18. The highest BCUT2D eigenvalue weighted by Crippen LogP contribution is 2.25. The smallest absolute Gasteiger partial charge is 0.311 e. The van der Waals surface area contributed by atoms with Crippen molar-refractivity contribution in [3.8, 4) is 0 Å². The molecule has 2 rings (SSSR count). The number of sulfonamides is 1. The van der Waals surface area contributed by atoms with E-state index in [-0.39, 0.29) is 27.4 Å². The number of rotatable bonds is 6. The van der Waals surface area contributed by atoms with E-state index < -0.39 is 10.0 Å². The van der Waals surface area contributed by atoms with Gasteiger partial charge in [-0.1, -0.05) is 23.7 Å². The molecule has 0 unspecified atom stereocenters. The van der Waals surface area contributed by atoms with E-state index >= 15 is 0 Å². The number of halogens is 1. The summed E-state index contributed by atoms with van der Waals surface area (Å²) in [6, 6.07) is 6.11. The number of carbonyl (C=O) groups excluding carboxylic acids is 1. The van der Waals surface area contributed by atoms with E-state index in [1.807, 2.05) is 0 Å². The maximum Gasteiger partial charge on any atom is 0.311 e. The summed E-state index contributed by atoms with van der Waals surface area (Å²) in [4.78, 5) is 15.9. The lowest BCUT2D eigenvalue weighted by molar-refractivity contribution is -0.142. The number of hydrogen-bond donors (Lipinski definition) is 1. The Balaban J connectivity index is 2.13. The molecule has 0 saturated heterocycles. The summed E-state index contributed by atoms with van der Waals surface area (Å²) in [5.41, 5.74) is 0. The fourth-order valence-electron chi connectivity index (χ4n) is 1.62. The van der Waals surface area contributed by atoms with Crippen LogP contribution in [0.5, 0.6) is 0 Å². The maximum atomic E-state index is 12.2. The third kappa shape index (κ3) is 4.19. The summed E-state index contributed by atoms with van der Waals surface area (Å²) in [6.07, 6.45) is 1.49. The molecule has 0 spiro atoms. The van der Waals surface area contributed by atoms with Gasteiger partial charge in [0.15, 0.2) is 5.13 Å². The number of anilines is 1. The van der Waals surface area contributed by atoms with E-state index in [0.29, 0.717) is 11.5 Å². The molecule has 1 aromatic heterocycles. The topological polar surface area (TPSA) is 85.4 Å². The number of esters is 1. The van der Waals surface area contributed by atoms with Gasteiger partial charge in [0.2, 0.25) is 0 Å². The molecule has 1 aromatic carbocycles. The highest BCUT2D eigenvalue weighted by atomic mass is 35.5.